The van der Waals surface area contributed by atoms with E-state index >= 15 is 0 Å². The minimum atomic E-state index is 0.657. The van der Waals surface area contributed by atoms with E-state index in [0.29, 0.717) is 12.5 Å². The molecular formula is C13H21N3O. The third-order valence-electron chi connectivity index (χ3n) is 3.04. The molecule has 1 aromatic rings. The average Bonchev–Trinajstić information content (AvgIpc) is 2.83. The number of pyridine rings is 1. The largest absolute Gasteiger partial charge is 0.478 e. The van der Waals surface area contributed by atoms with Gasteiger partial charge in [-0.25, -0.2) is 0 Å². The molecule has 0 bridgehead atoms. The highest BCUT2D eigenvalue weighted by atomic mass is 16.5. The zero-order chi connectivity index (χ0) is 11.9. The Bertz CT molecular complexity index is 337. The van der Waals surface area contributed by atoms with Gasteiger partial charge >= 0.3 is 0 Å². The fourth-order valence-electron chi connectivity index (χ4n) is 2.11. The first kappa shape index (κ1) is 12.2. The smallest absolute Gasteiger partial charge is 0.215 e. The molecule has 1 fully saturated rings. The van der Waals surface area contributed by atoms with E-state index in [4.69, 9.17) is 4.74 Å². The lowest BCUT2D eigenvalue weighted by Gasteiger charge is -2.10. The van der Waals surface area contributed by atoms with E-state index in [1.54, 1.807) is 0 Å². The number of hydrogen-bond donors (Lipinski definition) is 2. The SMILES string of the molecule is CCOc1cccc(NCCC2CCNC2)n1. The number of rotatable bonds is 6. The van der Waals surface area contributed by atoms with Crippen molar-refractivity contribution < 1.29 is 4.74 Å². The highest BCUT2D eigenvalue weighted by Crippen LogP contribution is 2.14. The summed E-state index contributed by atoms with van der Waals surface area (Å²) < 4.78 is 5.37. The van der Waals surface area contributed by atoms with Crippen molar-refractivity contribution in [1.82, 2.24) is 10.3 Å². The zero-order valence-corrected chi connectivity index (χ0v) is 10.4. The van der Waals surface area contributed by atoms with Gasteiger partial charge < -0.3 is 15.4 Å². The van der Waals surface area contributed by atoms with E-state index in [0.717, 1.165) is 24.8 Å². The lowest BCUT2D eigenvalue weighted by atomic mass is 10.1. The summed E-state index contributed by atoms with van der Waals surface area (Å²) in [5.41, 5.74) is 0. The minimum Gasteiger partial charge on any atom is -0.478 e. The first-order valence-corrected chi connectivity index (χ1v) is 6.43. The van der Waals surface area contributed by atoms with Crippen LogP contribution in [-0.4, -0.2) is 31.2 Å². The van der Waals surface area contributed by atoms with Crippen LogP contribution in [0.25, 0.3) is 0 Å². The Hall–Kier alpha value is -1.29. The molecule has 0 saturated carbocycles. The predicted molar refractivity (Wildman–Crippen MR) is 69.5 cm³/mol. The molecule has 2 rings (SSSR count). The van der Waals surface area contributed by atoms with Crippen LogP contribution in [0.4, 0.5) is 5.82 Å². The maximum Gasteiger partial charge on any atom is 0.215 e. The number of hydrogen-bond acceptors (Lipinski definition) is 4. The third kappa shape index (κ3) is 3.89. The average molecular weight is 235 g/mol. The summed E-state index contributed by atoms with van der Waals surface area (Å²) in [4.78, 5) is 4.38. The summed E-state index contributed by atoms with van der Waals surface area (Å²) in [6, 6.07) is 5.84. The number of ether oxygens (including phenoxy) is 1. The lowest BCUT2D eigenvalue weighted by molar-refractivity contribution is 0.327. The Morgan fingerprint density at radius 1 is 1.53 bits per heavy atom. The highest BCUT2D eigenvalue weighted by Gasteiger charge is 2.13. The van der Waals surface area contributed by atoms with Gasteiger partial charge in [-0.1, -0.05) is 6.07 Å². The summed E-state index contributed by atoms with van der Waals surface area (Å²) in [6.07, 6.45) is 2.50. The molecule has 0 aliphatic carbocycles. The molecule has 1 saturated heterocycles. The van der Waals surface area contributed by atoms with E-state index in [1.807, 2.05) is 25.1 Å². The molecule has 4 nitrogen and oxygen atoms in total. The molecule has 2 heterocycles. The van der Waals surface area contributed by atoms with Gasteiger partial charge in [-0.15, -0.1) is 0 Å². The first-order chi connectivity index (χ1) is 8.38. The normalized spacial score (nSPS) is 19.2. The van der Waals surface area contributed by atoms with Gasteiger partial charge in [0, 0.05) is 12.6 Å². The maximum absolute atomic E-state index is 5.37. The Morgan fingerprint density at radius 2 is 2.47 bits per heavy atom. The fourth-order valence-corrected chi connectivity index (χ4v) is 2.11. The highest BCUT2D eigenvalue weighted by molar-refractivity contribution is 5.36. The molecule has 1 aliphatic rings. The van der Waals surface area contributed by atoms with Crippen molar-refractivity contribution in [3.63, 3.8) is 0 Å². The van der Waals surface area contributed by atoms with E-state index in [9.17, 15) is 0 Å². The van der Waals surface area contributed by atoms with E-state index in [1.165, 1.54) is 19.4 Å². The Balaban J connectivity index is 1.75. The van der Waals surface area contributed by atoms with Gasteiger partial charge in [-0.2, -0.15) is 4.98 Å². The van der Waals surface area contributed by atoms with Crippen LogP contribution in [0.15, 0.2) is 18.2 Å². The summed E-state index contributed by atoms with van der Waals surface area (Å²) in [5.74, 6) is 2.42. The van der Waals surface area contributed by atoms with Crippen molar-refractivity contribution in [2.45, 2.75) is 19.8 Å². The van der Waals surface area contributed by atoms with Crippen molar-refractivity contribution in [2.75, 3.05) is 31.6 Å². The van der Waals surface area contributed by atoms with Crippen LogP contribution in [0.1, 0.15) is 19.8 Å². The second-order valence-corrected chi connectivity index (χ2v) is 4.37. The van der Waals surface area contributed by atoms with Crippen LogP contribution in [0.3, 0.4) is 0 Å². The molecule has 1 aromatic heterocycles. The van der Waals surface area contributed by atoms with Crippen molar-refractivity contribution in [3.05, 3.63) is 18.2 Å². The summed E-state index contributed by atoms with van der Waals surface area (Å²) in [5, 5.41) is 6.73. The van der Waals surface area contributed by atoms with Gasteiger partial charge in [0.25, 0.3) is 0 Å². The van der Waals surface area contributed by atoms with Gasteiger partial charge in [-0.05, 0) is 44.8 Å². The van der Waals surface area contributed by atoms with Crippen LogP contribution in [0.2, 0.25) is 0 Å². The van der Waals surface area contributed by atoms with Crippen LogP contribution < -0.4 is 15.4 Å². The topological polar surface area (TPSA) is 46.2 Å². The van der Waals surface area contributed by atoms with Crippen molar-refractivity contribution in [3.8, 4) is 5.88 Å². The summed E-state index contributed by atoms with van der Waals surface area (Å²) >= 11 is 0. The third-order valence-corrected chi connectivity index (χ3v) is 3.04. The molecule has 0 radical (unpaired) electrons. The molecule has 4 heteroatoms. The fraction of sp³-hybridized carbons (Fsp3) is 0.615. The molecule has 94 valence electrons. The summed E-state index contributed by atoms with van der Waals surface area (Å²) in [7, 11) is 0. The van der Waals surface area contributed by atoms with Gasteiger partial charge in [0.05, 0.1) is 6.61 Å². The Labute approximate surface area is 103 Å². The van der Waals surface area contributed by atoms with Gasteiger partial charge in [0.2, 0.25) is 5.88 Å². The summed E-state index contributed by atoms with van der Waals surface area (Å²) in [6.45, 7) is 5.94. The van der Waals surface area contributed by atoms with E-state index in [-0.39, 0.29) is 0 Å². The van der Waals surface area contributed by atoms with Crippen molar-refractivity contribution >= 4 is 5.82 Å². The van der Waals surface area contributed by atoms with Crippen LogP contribution in [-0.2, 0) is 0 Å². The number of nitrogens with zero attached hydrogens (tertiary/aromatic N) is 1. The molecule has 1 atom stereocenters. The Kier molecular flexibility index (Phi) is 4.62. The van der Waals surface area contributed by atoms with Gasteiger partial charge in [0.1, 0.15) is 5.82 Å². The molecule has 0 spiro atoms. The number of nitrogens with one attached hydrogen (secondary N) is 2. The monoisotopic (exact) mass is 235 g/mol. The van der Waals surface area contributed by atoms with E-state index < -0.39 is 0 Å². The minimum absolute atomic E-state index is 0.657. The second kappa shape index (κ2) is 6.45. The molecule has 1 aliphatic heterocycles. The van der Waals surface area contributed by atoms with Crippen molar-refractivity contribution in [1.29, 1.82) is 0 Å². The molecule has 2 N–H and O–H groups in total. The molecule has 0 amide bonds. The van der Waals surface area contributed by atoms with Crippen LogP contribution >= 0.6 is 0 Å². The second-order valence-electron chi connectivity index (χ2n) is 4.37. The zero-order valence-electron chi connectivity index (χ0n) is 10.4. The van der Waals surface area contributed by atoms with Crippen LogP contribution in [0.5, 0.6) is 5.88 Å². The van der Waals surface area contributed by atoms with Gasteiger partial charge in [-0.3, -0.25) is 0 Å². The van der Waals surface area contributed by atoms with Crippen molar-refractivity contribution in [2.24, 2.45) is 5.92 Å². The number of anilines is 1. The molecular weight excluding hydrogens is 214 g/mol. The van der Waals surface area contributed by atoms with E-state index in [2.05, 4.69) is 15.6 Å². The first-order valence-electron chi connectivity index (χ1n) is 6.43. The van der Waals surface area contributed by atoms with Gasteiger partial charge in [0.15, 0.2) is 0 Å². The number of aromatic nitrogens is 1. The molecule has 0 aromatic carbocycles. The molecule has 1 unspecified atom stereocenters. The predicted octanol–water partition coefficient (Wildman–Crippen LogP) is 1.89. The maximum atomic E-state index is 5.37. The Morgan fingerprint density at radius 3 is 3.24 bits per heavy atom. The van der Waals surface area contributed by atoms with Crippen LogP contribution in [0, 0.1) is 5.92 Å². The molecule has 17 heavy (non-hydrogen) atoms. The lowest BCUT2D eigenvalue weighted by Crippen LogP contribution is -2.13. The quantitative estimate of drug-likeness (QED) is 0.790. The standard InChI is InChI=1S/C13H21N3O/c1-2-17-13-5-3-4-12(16-13)15-9-7-11-6-8-14-10-11/h3-5,11,14H,2,6-10H2,1H3,(H,15,16).